The molecule has 0 aliphatic carbocycles. The zero-order chi connectivity index (χ0) is 13.9. The summed E-state index contributed by atoms with van der Waals surface area (Å²) in [6.45, 7) is 3.45. The smallest absolute Gasteiger partial charge is 0.310 e. The number of benzene rings is 1. The fraction of sp³-hybridized carbons (Fsp3) is 0.417. The van der Waals surface area contributed by atoms with Gasteiger partial charge in [0.1, 0.15) is 17.3 Å². The van der Waals surface area contributed by atoms with Gasteiger partial charge in [0.25, 0.3) is 0 Å². The van der Waals surface area contributed by atoms with Crippen molar-refractivity contribution >= 4 is 11.4 Å². The minimum absolute atomic E-state index is 0.0140. The number of likely N-dealkylation sites (N-methyl/N-ethyl adjacent to an activating group) is 1. The predicted molar refractivity (Wildman–Crippen MR) is 67.4 cm³/mol. The van der Waals surface area contributed by atoms with Crippen molar-refractivity contribution in [3.05, 3.63) is 33.9 Å². The molecule has 1 N–H and O–H groups in total. The molecule has 1 aromatic carbocycles. The van der Waals surface area contributed by atoms with Crippen LogP contribution in [0.1, 0.15) is 19.4 Å². The van der Waals surface area contributed by atoms with Crippen molar-refractivity contribution in [2.75, 3.05) is 18.5 Å². The van der Waals surface area contributed by atoms with Crippen LogP contribution in [0.2, 0.25) is 0 Å². The molecular formula is C12H15N3O3. The predicted octanol–water partition coefficient (Wildman–Crippen LogP) is 1.67. The molecule has 96 valence electrons. The lowest BCUT2D eigenvalue weighted by molar-refractivity contribution is -0.384. The Labute approximate surface area is 105 Å². The van der Waals surface area contributed by atoms with Gasteiger partial charge in [-0.25, -0.2) is 0 Å². The van der Waals surface area contributed by atoms with Crippen LogP contribution in [-0.4, -0.2) is 29.2 Å². The summed E-state index contributed by atoms with van der Waals surface area (Å²) in [7, 11) is 1.64. The standard InChI is InChI=1S/C12H15N3O3/c1-12(2,16)8-14(3)10-6-4-5-9(7-13)11(10)15(17)18/h4-6,16H,8H2,1-3H3. The van der Waals surface area contributed by atoms with Gasteiger partial charge in [-0.1, -0.05) is 6.07 Å². The number of hydrogen-bond donors (Lipinski definition) is 1. The van der Waals surface area contributed by atoms with Gasteiger partial charge in [0, 0.05) is 13.6 Å². The third-order valence-electron chi connectivity index (χ3n) is 2.35. The lowest BCUT2D eigenvalue weighted by Crippen LogP contribution is -2.36. The monoisotopic (exact) mass is 249 g/mol. The summed E-state index contributed by atoms with van der Waals surface area (Å²) in [6, 6.07) is 6.35. The molecule has 0 atom stereocenters. The number of anilines is 1. The molecule has 0 aromatic heterocycles. The molecule has 0 saturated heterocycles. The second kappa shape index (κ2) is 5.02. The van der Waals surface area contributed by atoms with Crippen molar-refractivity contribution in [2.45, 2.75) is 19.4 Å². The minimum Gasteiger partial charge on any atom is -0.389 e. The third-order valence-corrected chi connectivity index (χ3v) is 2.35. The Balaban J connectivity index is 3.25. The van der Waals surface area contributed by atoms with Gasteiger partial charge in [0.05, 0.1) is 10.5 Å². The van der Waals surface area contributed by atoms with Crippen molar-refractivity contribution < 1.29 is 10.0 Å². The van der Waals surface area contributed by atoms with E-state index in [-0.39, 0.29) is 17.8 Å². The van der Waals surface area contributed by atoms with E-state index in [1.807, 2.05) is 0 Å². The highest BCUT2D eigenvalue weighted by molar-refractivity contribution is 5.69. The quantitative estimate of drug-likeness (QED) is 0.647. The van der Waals surface area contributed by atoms with Crippen LogP contribution in [0.3, 0.4) is 0 Å². The molecule has 1 aromatic rings. The van der Waals surface area contributed by atoms with Gasteiger partial charge in [-0.2, -0.15) is 5.26 Å². The lowest BCUT2D eigenvalue weighted by Gasteiger charge is -2.27. The van der Waals surface area contributed by atoms with Gasteiger partial charge < -0.3 is 10.0 Å². The van der Waals surface area contributed by atoms with E-state index in [9.17, 15) is 15.2 Å². The molecule has 0 heterocycles. The van der Waals surface area contributed by atoms with Gasteiger partial charge in [-0.05, 0) is 26.0 Å². The SMILES string of the molecule is CN(CC(C)(C)O)c1cccc(C#N)c1[N+](=O)[O-]. The number of nitro groups is 1. The molecule has 0 fully saturated rings. The first-order valence-electron chi connectivity index (χ1n) is 5.37. The molecule has 1 rings (SSSR count). The first kappa shape index (κ1) is 13.9. The zero-order valence-corrected chi connectivity index (χ0v) is 10.5. The van der Waals surface area contributed by atoms with Crippen molar-refractivity contribution in [1.82, 2.24) is 0 Å². The highest BCUT2D eigenvalue weighted by Gasteiger charge is 2.25. The maximum Gasteiger partial charge on any atom is 0.310 e. The summed E-state index contributed by atoms with van der Waals surface area (Å²) < 4.78 is 0. The van der Waals surface area contributed by atoms with E-state index in [2.05, 4.69) is 0 Å². The topological polar surface area (TPSA) is 90.4 Å². The van der Waals surface area contributed by atoms with Gasteiger partial charge in [0.15, 0.2) is 0 Å². The Morgan fingerprint density at radius 3 is 2.61 bits per heavy atom. The van der Waals surface area contributed by atoms with E-state index in [0.717, 1.165) is 0 Å². The van der Waals surface area contributed by atoms with Gasteiger partial charge >= 0.3 is 5.69 Å². The van der Waals surface area contributed by atoms with Gasteiger partial charge in [-0.15, -0.1) is 0 Å². The Morgan fingerprint density at radius 1 is 1.56 bits per heavy atom. The average molecular weight is 249 g/mol. The number of nitro benzene ring substituents is 1. The number of para-hydroxylation sites is 1. The Hall–Kier alpha value is -2.13. The van der Waals surface area contributed by atoms with E-state index < -0.39 is 10.5 Å². The average Bonchev–Trinajstić information content (AvgIpc) is 2.25. The highest BCUT2D eigenvalue weighted by atomic mass is 16.6. The van der Waals surface area contributed by atoms with Crippen LogP contribution in [0, 0.1) is 21.4 Å². The summed E-state index contributed by atoms with van der Waals surface area (Å²) >= 11 is 0. The summed E-state index contributed by atoms with van der Waals surface area (Å²) in [5.41, 5.74) is -0.876. The molecule has 18 heavy (non-hydrogen) atoms. The van der Waals surface area contributed by atoms with Gasteiger partial charge in [-0.3, -0.25) is 10.1 Å². The summed E-state index contributed by atoms with van der Waals surface area (Å²) in [4.78, 5) is 12.0. The van der Waals surface area contributed by atoms with E-state index in [1.165, 1.54) is 6.07 Å². The van der Waals surface area contributed by atoms with Crippen LogP contribution in [0.25, 0.3) is 0 Å². The maximum atomic E-state index is 11.0. The van der Waals surface area contributed by atoms with Crippen molar-refractivity contribution in [1.29, 1.82) is 5.26 Å². The largest absolute Gasteiger partial charge is 0.389 e. The molecule has 0 aliphatic heterocycles. The first-order valence-corrected chi connectivity index (χ1v) is 5.37. The van der Waals surface area contributed by atoms with Crippen LogP contribution in [-0.2, 0) is 0 Å². The van der Waals surface area contributed by atoms with Crippen molar-refractivity contribution in [3.63, 3.8) is 0 Å². The second-order valence-corrected chi connectivity index (χ2v) is 4.71. The van der Waals surface area contributed by atoms with Crippen LogP contribution in [0.15, 0.2) is 18.2 Å². The third kappa shape index (κ3) is 3.18. The zero-order valence-electron chi connectivity index (χ0n) is 10.5. The molecule has 0 bridgehead atoms. The normalized spacial score (nSPS) is 10.8. The molecule has 0 spiro atoms. The van der Waals surface area contributed by atoms with E-state index in [1.54, 1.807) is 44.0 Å². The second-order valence-electron chi connectivity index (χ2n) is 4.71. The summed E-state index contributed by atoms with van der Waals surface area (Å²) in [5.74, 6) is 0. The molecular weight excluding hydrogens is 234 g/mol. The number of nitrogens with zero attached hydrogens (tertiary/aromatic N) is 3. The fourth-order valence-electron chi connectivity index (χ4n) is 1.79. The van der Waals surface area contributed by atoms with Crippen LogP contribution in [0.4, 0.5) is 11.4 Å². The lowest BCUT2D eigenvalue weighted by atomic mass is 10.1. The van der Waals surface area contributed by atoms with Crippen molar-refractivity contribution in [2.24, 2.45) is 0 Å². The first-order chi connectivity index (χ1) is 8.26. The number of rotatable bonds is 4. The number of aliphatic hydroxyl groups is 1. The molecule has 0 unspecified atom stereocenters. The minimum atomic E-state index is -0.981. The van der Waals surface area contributed by atoms with E-state index in [0.29, 0.717) is 5.69 Å². The summed E-state index contributed by atoms with van der Waals surface area (Å²) in [6.07, 6.45) is 0. The van der Waals surface area contributed by atoms with Gasteiger partial charge in [0.2, 0.25) is 0 Å². The Bertz CT molecular complexity index is 500. The molecule has 0 amide bonds. The Morgan fingerprint density at radius 2 is 2.17 bits per heavy atom. The number of nitriles is 1. The van der Waals surface area contributed by atoms with Crippen LogP contribution < -0.4 is 4.90 Å². The fourth-order valence-corrected chi connectivity index (χ4v) is 1.79. The molecule has 0 aliphatic rings. The molecule has 6 heteroatoms. The van der Waals surface area contributed by atoms with Crippen LogP contribution >= 0.6 is 0 Å². The van der Waals surface area contributed by atoms with Crippen LogP contribution in [0.5, 0.6) is 0 Å². The highest BCUT2D eigenvalue weighted by Crippen LogP contribution is 2.31. The maximum absolute atomic E-state index is 11.0. The van der Waals surface area contributed by atoms with Crippen molar-refractivity contribution in [3.8, 4) is 6.07 Å². The molecule has 0 radical (unpaired) electrons. The number of hydrogen-bond acceptors (Lipinski definition) is 5. The van der Waals surface area contributed by atoms with E-state index >= 15 is 0 Å². The molecule has 6 nitrogen and oxygen atoms in total. The molecule has 0 saturated carbocycles. The Kier molecular flexibility index (Phi) is 3.89. The van der Waals surface area contributed by atoms with E-state index in [4.69, 9.17) is 5.26 Å². The summed E-state index contributed by atoms with van der Waals surface area (Å²) in [5, 5.41) is 29.6.